The van der Waals surface area contributed by atoms with Crippen LogP contribution in [0.1, 0.15) is 68.2 Å². The number of aliphatic carboxylic acids is 1. The molecule has 0 fully saturated rings. The highest BCUT2D eigenvalue weighted by Crippen LogP contribution is 2.14. The van der Waals surface area contributed by atoms with Gasteiger partial charge in [0.2, 0.25) is 0 Å². The molecule has 0 aliphatic heterocycles. The minimum Gasteiger partial charge on any atom is -0.481 e. The van der Waals surface area contributed by atoms with Crippen LogP contribution in [0.5, 0.6) is 0 Å². The van der Waals surface area contributed by atoms with Gasteiger partial charge in [-0.05, 0) is 54.4 Å². The van der Waals surface area contributed by atoms with E-state index in [1.54, 1.807) is 0 Å². The summed E-state index contributed by atoms with van der Waals surface area (Å²) in [7, 11) is 0. The van der Waals surface area contributed by atoms with Crippen LogP contribution in [0.3, 0.4) is 0 Å². The van der Waals surface area contributed by atoms with Crippen molar-refractivity contribution in [3.63, 3.8) is 0 Å². The first-order valence-electron chi connectivity index (χ1n) is 6.52. The van der Waals surface area contributed by atoms with Crippen LogP contribution in [-0.2, 0) is 14.6 Å². The lowest BCUT2D eigenvalue weighted by Crippen LogP contribution is -2.27. The van der Waals surface area contributed by atoms with Gasteiger partial charge in [-0.25, -0.2) is 9.78 Å². The van der Waals surface area contributed by atoms with Crippen LogP contribution in [0, 0.1) is 5.92 Å². The third kappa shape index (κ3) is 15.4. The summed E-state index contributed by atoms with van der Waals surface area (Å²) in [4.78, 5) is 20.3. The van der Waals surface area contributed by atoms with Crippen molar-refractivity contribution in [3.8, 4) is 0 Å². The fourth-order valence-corrected chi connectivity index (χ4v) is 0.888. The van der Waals surface area contributed by atoms with Gasteiger partial charge in [0, 0.05) is 0 Å². The molecular weight excluding hydrogens is 232 g/mol. The van der Waals surface area contributed by atoms with Crippen LogP contribution in [-0.4, -0.2) is 22.3 Å². The van der Waals surface area contributed by atoms with Crippen LogP contribution < -0.4 is 0 Å². The minimum absolute atomic E-state index is 0.130. The monoisotopic (exact) mass is 262 g/mol. The second kappa shape index (κ2) is 8.48. The zero-order chi connectivity index (χ0) is 15.0. The molecule has 110 valence electrons. The highest BCUT2D eigenvalue weighted by molar-refractivity contribution is 5.69. The van der Waals surface area contributed by atoms with Gasteiger partial charge < -0.3 is 5.11 Å². The highest BCUT2D eigenvalue weighted by atomic mass is 17.2. The molecule has 4 heteroatoms. The molecule has 0 saturated carbocycles. The lowest BCUT2D eigenvalue weighted by molar-refractivity contribution is -0.393. The second-order valence-electron chi connectivity index (χ2n) is 6.24. The first-order chi connectivity index (χ1) is 7.93. The Balaban J connectivity index is 0. The molecule has 0 spiro atoms. The van der Waals surface area contributed by atoms with Crippen molar-refractivity contribution in [2.24, 2.45) is 5.92 Å². The van der Waals surface area contributed by atoms with Crippen molar-refractivity contribution in [2.45, 2.75) is 79.4 Å². The van der Waals surface area contributed by atoms with Crippen LogP contribution >= 0.6 is 0 Å². The lowest BCUT2D eigenvalue weighted by Gasteiger charge is -2.24. The summed E-state index contributed by atoms with van der Waals surface area (Å²) in [5.74, 6) is -0.801. The maximum atomic E-state index is 10.2. The molecule has 0 rings (SSSR count). The maximum Gasteiger partial charge on any atom is 0.306 e. The van der Waals surface area contributed by atoms with Crippen molar-refractivity contribution in [2.75, 3.05) is 0 Å². The number of carboxylic acid groups (broad SMARTS) is 1. The number of rotatable bonds is 4. The van der Waals surface area contributed by atoms with Crippen molar-refractivity contribution < 1.29 is 19.7 Å². The van der Waals surface area contributed by atoms with E-state index < -0.39 is 5.97 Å². The molecule has 0 aliphatic carbocycles. The fourth-order valence-electron chi connectivity index (χ4n) is 0.888. The van der Waals surface area contributed by atoms with Gasteiger partial charge in [0.25, 0.3) is 0 Å². The van der Waals surface area contributed by atoms with E-state index in [2.05, 4.69) is 0 Å². The van der Waals surface area contributed by atoms with E-state index in [1.807, 2.05) is 55.4 Å². The molecule has 0 heterocycles. The van der Waals surface area contributed by atoms with Crippen LogP contribution in [0.25, 0.3) is 0 Å². The van der Waals surface area contributed by atoms with E-state index in [0.29, 0.717) is 0 Å². The van der Waals surface area contributed by atoms with Crippen molar-refractivity contribution in [3.05, 3.63) is 0 Å². The fraction of sp³-hybridized carbons (Fsp3) is 0.929. The van der Waals surface area contributed by atoms with E-state index in [1.165, 1.54) is 0 Å². The van der Waals surface area contributed by atoms with E-state index in [9.17, 15) is 4.79 Å². The van der Waals surface area contributed by atoms with E-state index in [4.69, 9.17) is 14.9 Å². The third-order valence-electron chi connectivity index (χ3n) is 1.88. The Morgan fingerprint density at radius 1 is 0.944 bits per heavy atom. The smallest absolute Gasteiger partial charge is 0.306 e. The van der Waals surface area contributed by atoms with E-state index in [-0.39, 0.29) is 17.1 Å². The average molecular weight is 262 g/mol. The summed E-state index contributed by atoms with van der Waals surface area (Å²) in [6.07, 6.45) is 1.48. The molecule has 0 bridgehead atoms. The predicted molar refractivity (Wildman–Crippen MR) is 73.4 cm³/mol. The molecular formula is C14H30O4. The summed E-state index contributed by atoms with van der Waals surface area (Å²) < 4.78 is 0. The predicted octanol–water partition coefficient (Wildman–Crippen LogP) is 4.04. The van der Waals surface area contributed by atoms with Crippen LogP contribution in [0.2, 0.25) is 0 Å². The second-order valence-corrected chi connectivity index (χ2v) is 6.24. The van der Waals surface area contributed by atoms with Crippen molar-refractivity contribution >= 4 is 5.97 Å². The molecule has 0 atom stereocenters. The summed E-state index contributed by atoms with van der Waals surface area (Å²) in [5.41, 5.74) is -0.430. The van der Waals surface area contributed by atoms with Gasteiger partial charge in [-0.15, -0.1) is 0 Å². The van der Waals surface area contributed by atoms with Crippen LogP contribution in [0.4, 0.5) is 0 Å². The van der Waals surface area contributed by atoms with Crippen LogP contribution in [0.15, 0.2) is 0 Å². The van der Waals surface area contributed by atoms with Gasteiger partial charge in [0.1, 0.15) is 0 Å². The highest BCUT2D eigenvalue weighted by Gasteiger charge is 2.18. The first-order valence-corrected chi connectivity index (χ1v) is 6.52. The van der Waals surface area contributed by atoms with Gasteiger partial charge in [-0.3, -0.25) is 4.79 Å². The SMILES string of the molecule is CC(C)(C)OOC(C)(C)C.CCC(CC)C(=O)O. The summed E-state index contributed by atoms with van der Waals surface area (Å²) in [6.45, 7) is 15.5. The summed E-state index contributed by atoms with van der Waals surface area (Å²) in [5, 5.41) is 8.37. The lowest BCUT2D eigenvalue weighted by atomic mass is 10.1. The molecule has 4 nitrogen and oxygen atoms in total. The molecule has 0 aromatic rings. The standard InChI is InChI=1S/C8H18O2.C6H12O2/c1-7(2,3)9-10-8(4,5)6;1-3-5(4-2)6(7)8/h1-6H3;5H,3-4H2,1-2H3,(H,7,8). The molecule has 0 unspecified atom stereocenters. The first kappa shape index (κ1) is 19.7. The quantitative estimate of drug-likeness (QED) is 0.613. The number of carbonyl (C=O) groups is 1. The van der Waals surface area contributed by atoms with Gasteiger partial charge in [-0.2, -0.15) is 0 Å². The average Bonchev–Trinajstić information content (AvgIpc) is 2.15. The Labute approximate surface area is 112 Å². The zero-order valence-corrected chi connectivity index (χ0v) is 13.2. The van der Waals surface area contributed by atoms with E-state index >= 15 is 0 Å². The summed E-state index contributed by atoms with van der Waals surface area (Å²) >= 11 is 0. The van der Waals surface area contributed by atoms with Crippen molar-refractivity contribution in [1.29, 1.82) is 0 Å². The topological polar surface area (TPSA) is 55.8 Å². The summed E-state index contributed by atoms with van der Waals surface area (Å²) in [6, 6.07) is 0. The van der Waals surface area contributed by atoms with Gasteiger partial charge >= 0.3 is 5.97 Å². The Kier molecular flexibility index (Phi) is 9.30. The molecule has 1 N–H and O–H groups in total. The molecule has 0 aromatic carbocycles. The number of carboxylic acids is 1. The normalized spacial score (nSPS) is 12.1. The van der Waals surface area contributed by atoms with Gasteiger partial charge in [-0.1, -0.05) is 13.8 Å². The third-order valence-corrected chi connectivity index (χ3v) is 1.88. The molecule has 18 heavy (non-hydrogen) atoms. The van der Waals surface area contributed by atoms with Gasteiger partial charge in [0.15, 0.2) is 0 Å². The Hall–Kier alpha value is -0.610. The minimum atomic E-state index is -0.671. The molecule has 0 amide bonds. The zero-order valence-electron chi connectivity index (χ0n) is 13.2. The molecule has 0 aliphatic rings. The molecule has 0 radical (unpaired) electrons. The maximum absolute atomic E-state index is 10.2. The number of hydrogen-bond acceptors (Lipinski definition) is 3. The Bertz CT molecular complexity index is 205. The number of hydrogen-bond donors (Lipinski definition) is 1. The molecule has 0 saturated heterocycles. The van der Waals surface area contributed by atoms with Gasteiger partial charge in [0.05, 0.1) is 17.1 Å². The van der Waals surface area contributed by atoms with Crippen molar-refractivity contribution in [1.82, 2.24) is 0 Å². The van der Waals surface area contributed by atoms with E-state index in [0.717, 1.165) is 12.8 Å². The molecule has 0 aromatic heterocycles. The Morgan fingerprint density at radius 2 is 1.22 bits per heavy atom. The Morgan fingerprint density at radius 3 is 1.28 bits per heavy atom. The largest absolute Gasteiger partial charge is 0.481 e.